The molecule has 1 nitrogen and oxygen atoms in total. The summed E-state index contributed by atoms with van der Waals surface area (Å²) in [6, 6.07) is 5.88. The maximum atomic E-state index is 6.02. The van der Waals surface area contributed by atoms with E-state index in [-0.39, 0.29) is 5.54 Å². The molecule has 0 spiro atoms. The van der Waals surface area contributed by atoms with Crippen LogP contribution in [0.5, 0.6) is 0 Å². The molecule has 0 fully saturated rings. The first-order valence-electron chi connectivity index (χ1n) is 5.99. The number of hydrogen-bond acceptors (Lipinski definition) is 1. The number of benzene rings is 1. The van der Waals surface area contributed by atoms with Gasteiger partial charge in [0.05, 0.1) is 10.0 Å². The van der Waals surface area contributed by atoms with Crippen molar-refractivity contribution >= 4 is 23.2 Å². The van der Waals surface area contributed by atoms with E-state index in [1.807, 2.05) is 12.1 Å². The topological polar surface area (TPSA) is 12.0 Å². The molecule has 1 atom stereocenters. The average molecular weight is 274 g/mol. The Hall–Kier alpha value is -0.240. The van der Waals surface area contributed by atoms with E-state index in [1.54, 1.807) is 0 Å². The Morgan fingerprint density at radius 2 is 1.82 bits per heavy atom. The molecule has 0 aliphatic heterocycles. The first-order chi connectivity index (χ1) is 7.79. The summed E-state index contributed by atoms with van der Waals surface area (Å²) in [5.74, 6) is 0.486. The first kappa shape index (κ1) is 14.8. The largest absolute Gasteiger partial charge is 0.312 e. The summed E-state index contributed by atoms with van der Waals surface area (Å²) in [6.07, 6.45) is 1.09. The van der Waals surface area contributed by atoms with E-state index < -0.39 is 0 Å². The molecule has 0 radical (unpaired) electrons. The smallest absolute Gasteiger partial charge is 0.0595 e. The van der Waals surface area contributed by atoms with Crippen LogP contribution in [-0.2, 0) is 0 Å². The van der Waals surface area contributed by atoms with E-state index in [2.05, 4.69) is 39.1 Å². The molecule has 3 heteroatoms. The lowest BCUT2D eigenvalue weighted by Gasteiger charge is -2.22. The molecule has 1 N–H and O–H groups in total. The summed E-state index contributed by atoms with van der Waals surface area (Å²) in [7, 11) is 0. The van der Waals surface area contributed by atoms with Gasteiger partial charge in [-0.25, -0.2) is 0 Å². The molecule has 1 aromatic rings. The maximum Gasteiger partial charge on any atom is 0.0595 e. The van der Waals surface area contributed by atoms with Crippen molar-refractivity contribution in [3.05, 3.63) is 33.8 Å². The molecule has 0 saturated carbocycles. The van der Waals surface area contributed by atoms with E-state index >= 15 is 0 Å². The highest BCUT2D eigenvalue weighted by atomic mass is 35.5. The van der Waals surface area contributed by atoms with Crippen molar-refractivity contribution in [3.63, 3.8) is 0 Å². The Morgan fingerprint density at radius 3 is 2.35 bits per heavy atom. The van der Waals surface area contributed by atoms with Crippen molar-refractivity contribution in [2.24, 2.45) is 0 Å². The summed E-state index contributed by atoms with van der Waals surface area (Å²) < 4.78 is 0. The lowest BCUT2D eigenvalue weighted by molar-refractivity contribution is 0.413. The third-order valence-corrected chi connectivity index (χ3v) is 3.48. The molecule has 0 aliphatic rings. The second-order valence-electron chi connectivity index (χ2n) is 5.54. The fourth-order valence-electron chi connectivity index (χ4n) is 1.65. The van der Waals surface area contributed by atoms with Crippen molar-refractivity contribution < 1.29 is 0 Å². The Morgan fingerprint density at radius 1 is 1.18 bits per heavy atom. The highest BCUT2D eigenvalue weighted by Gasteiger charge is 2.11. The third kappa shape index (κ3) is 5.29. The van der Waals surface area contributed by atoms with Gasteiger partial charge >= 0.3 is 0 Å². The molecule has 0 amide bonds. The van der Waals surface area contributed by atoms with Gasteiger partial charge in [-0.05, 0) is 57.4 Å². The fourth-order valence-corrected chi connectivity index (χ4v) is 1.96. The Bertz CT molecular complexity index is 369. The van der Waals surface area contributed by atoms with Crippen LogP contribution in [0.4, 0.5) is 0 Å². The second-order valence-corrected chi connectivity index (χ2v) is 6.35. The van der Waals surface area contributed by atoms with Gasteiger partial charge in [0.1, 0.15) is 0 Å². The highest BCUT2D eigenvalue weighted by molar-refractivity contribution is 6.42. The Balaban J connectivity index is 2.52. The molecule has 0 aromatic heterocycles. The monoisotopic (exact) mass is 273 g/mol. The van der Waals surface area contributed by atoms with Crippen LogP contribution >= 0.6 is 23.2 Å². The predicted molar refractivity (Wildman–Crippen MR) is 77.2 cm³/mol. The SMILES string of the molecule is CC(CCNC(C)(C)C)c1ccc(Cl)c(Cl)c1. The van der Waals surface area contributed by atoms with Crippen LogP contribution in [0.3, 0.4) is 0 Å². The number of halogens is 2. The van der Waals surface area contributed by atoms with Crippen molar-refractivity contribution in [1.82, 2.24) is 5.32 Å². The summed E-state index contributed by atoms with van der Waals surface area (Å²) in [4.78, 5) is 0. The molecule has 0 aliphatic carbocycles. The standard InChI is InChI=1S/C14H21Cl2N/c1-10(7-8-17-14(2,3)4)11-5-6-12(15)13(16)9-11/h5-6,9-10,17H,7-8H2,1-4H3. The first-order valence-corrected chi connectivity index (χ1v) is 6.75. The third-order valence-electron chi connectivity index (χ3n) is 2.75. The number of rotatable bonds is 4. The van der Waals surface area contributed by atoms with Crippen LogP contribution in [0.25, 0.3) is 0 Å². The summed E-state index contributed by atoms with van der Waals surface area (Å²) in [5.41, 5.74) is 1.42. The molecular formula is C14H21Cl2N. The van der Waals surface area contributed by atoms with E-state index in [0.29, 0.717) is 16.0 Å². The Kier molecular flexibility index (Phi) is 5.30. The maximum absolute atomic E-state index is 6.02. The van der Waals surface area contributed by atoms with Gasteiger partial charge in [-0.2, -0.15) is 0 Å². The van der Waals surface area contributed by atoms with Gasteiger partial charge in [0.2, 0.25) is 0 Å². The van der Waals surface area contributed by atoms with Gasteiger partial charge in [0, 0.05) is 5.54 Å². The molecule has 0 bridgehead atoms. The van der Waals surface area contributed by atoms with E-state index in [0.717, 1.165) is 13.0 Å². The molecular weight excluding hydrogens is 253 g/mol. The minimum atomic E-state index is 0.178. The summed E-state index contributed by atoms with van der Waals surface area (Å²) in [6.45, 7) is 9.75. The average Bonchev–Trinajstić information content (AvgIpc) is 2.20. The molecule has 17 heavy (non-hydrogen) atoms. The quantitative estimate of drug-likeness (QED) is 0.825. The fraction of sp³-hybridized carbons (Fsp3) is 0.571. The molecule has 1 aromatic carbocycles. The van der Waals surface area contributed by atoms with Crippen molar-refractivity contribution in [1.29, 1.82) is 0 Å². The van der Waals surface area contributed by atoms with Crippen LogP contribution in [0.1, 0.15) is 45.6 Å². The van der Waals surface area contributed by atoms with E-state index in [1.165, 1.54) is 5.56 Å². The zero-order chi connectivity index (χ0) is 13.1. The van der Waals surface area contributed by atoms with Crippen LogP contribution in [0, 0.1) is 0 Å². The molecule has 1 rings (SSSR count). The van der Waals surface area contributed by atoms with Crippen molar-refractivity contribution in [2.45, 2.75) is 45.6 Å². The number of hydrogen-bond donors (Lipinski definition) is 1. The summed E-state index contributed by atoms with van der Waals surface area (Å²) >= 11 is 11.9. The van der Waals surface area contributed by atoms with Gasteiger partial charge in [-0.3, -0.25) is 0 Å². The number of nitrogens with one attached hydrogen (secondary N) is 1. The van der Waals surface area contributed by atoms with Crippen LogP contribution < -0.4 is 5.32 Å². The molecule has 1 unspecified atom stereocenters. The lowest BCUT2D eigenvalue weighted by Crippen LogP contribution is -2.36. The van der Waals surface area contributed by atoms with E-state index in [9.17, 15) is 0 Å². The van der Waals surface area contributed by atoms with Gasteiger partial charge in [-0.1, -0.05) is 36.2 Å². The Labute approximate surface area is 115 Å². The minimum absolute atomic E-state index is 0.178. The van der Waals surface area contributed by atoms with E-state index in [4.69, 9.17) is 23.2 Å². The van der Waals surface area contributed by atoms with Crippen LogP contribution in [0.15, 0.2) is 18.2 Å². The van der Waals surface area contributed by atoms with Crippen LogP contribution in [-0.4, -0.2) is 12.1 Å². The predicted octanol–water partition coefficient (Wildman–Crippen LogP) is 4.88. The summed E-state index contributed by atoms with van der Waals surface area (Å²) in [5, 5.41) is 4.75. The normalized spacial score (nSPS) is 13.8. The molecule has 0 saturated heterocycles. The van der Waals surface area contributed by atoms with Gasteiger partial charge < -0.3 is 5.32 Å². The van der Waals surface area contributed by atoms with Gasteiger partial charge in [0.15, 0.2) is 0 Å². The second kappa shape index (κ2) is 6.08. The van der Waals surface area contributed by atoms with Gasteiger partial charge in [0.25, 0.3) is 0 Å². The molecule has 96 valence electrons. The van der Waals surface area contributed by atoms with Crippen LogP contribution in [0.2, 0.25) is 10.0 Å². The van der Waals surface area contributed by atoms with Crippen molar-refractivity contribution in [3.8, 4) is 0 Å². The zero-order valence-corrected chi connectivity index (χ0v) is 12.5. The van der Waals surface area contributed by atoms with Crippen molar-refractivity contribution in [2.75, 3.05) is 6.54 Å². The lowest BCUT2D eigenvalue weighted by atomic mass is 9.97. The highest BCUT2D eigenvalue weighted by Crippen LogP contribution is 2.27. The zero-order valence-electron chi connectivity index (χ0n) is 11.0. The molecule has 0 heterocycles. The van der Waals surface area contributed by atoms with Gasteiger partial charge in [-0.15, -0.1) is 0 Å². The minimum Gasteiger partial charge on any atom is -0.312 e.